The Bertz CT molecular complexity index is 686. The predicted molar refractivity (Wildman–Crippen MR) is 83.6 cm³/mol. The van der Waals surface area contributed by atoms with Crippen LogP contribution in [0.2, 0.25) is 0 Å². The molecule has 0 aliphatic heterocycles. The fraction of sp³-hybridized carbons (Fsp3) is 0.467. The van der Waals surface area contributed by atoms with Gasteiger partial charge in [-0.3, -0.25) is 4.79 Å². The number of ketones is 1. The Labute approximate surface area is 133 Å². The zero-order chi connectivity index (χ0) is 15.5. The highest BCUT2D eigenvalue weighted by Crippen LogP contribution is 2.33. The van der Waals surface area contributed by atoms with Crippen molar-refractivity contribution in [3.63, 3.8) is 0 Å². The maximum absolute atomic E-state index is 12.0. The van der Waals surface area contributed by atoms with Crippen molar-refractivity contribution in [2.45, 2.75) is 43.0 Å². The lowest BCUT2D eigenvalue weighted by atomic mass is 9.99. The summed E-state index contributed by atoms with van der Waals surface area (Å²) in [6.45, 7) is 2.00. The molecule has 0 unspecified atom stereocenters. The van der Waals surface area contributed by atoms with Crippen molar-refractivity contribution in [1.29, 1.82) is 0 Å². The molecule has 0 radical (unpaired) electrons. The van der Waals surface area contributed by atoms with Crippen LogP contribution in [0.1, 0.15) is 31.2 Å². The highest BCUT2D eigenvalue weighted by Gasteiger charge is 2.26. The molecule has 0 saturated heterocycles. The maximum atomic E-state index is 12.0. The van der Waals surface area contributed by atoms with Crippen molar-refractivity contribution < 1.29 is 9.53 Å². The third-order valence-corrected chi connectivity index (χ3v) is 5.00. The van der Waals surface area contributed by atoms with Crippen LogP contribution in [0.15, 0.2) is 23.4 Å². The fourth-order valence-corrected chi connectivity index (χ4v) is 3.68. The highest BCUT2D eigenvalue weighted by molar-refractivity contribution is 8.00. The van der Waals surface area contributed by atoms with E-state index in [0.29, 0.717) is 23.1 Å². The van der Waals surface area contributed by atoms with Gasteiger partial charge < -0.3 is 4.74 Å². The first kappa shape index (κ1) is 15.0. The van der Waals surface area contributed by atoms with Crippen LogP contribution in [0, 0.1) is 6.92 Å². The van der Waals surface area contributed by atoms with Gasteiger partial charge in [0.15, 0.2) is 0 Å². The largest absolute Gasteiger partial charge is 0.494 e. The number of benzene rings is 1. The van der Waals surface area contributed by atoms with Crippen LogP contribution in [-0.2, 0) is 4.79 Å². The van der Waals surface area contributed by atoms with Gasteiger partial charge in [-0.05, 0) is 47.9 Å². The zero-order valence-electron chi connectivity index (χ0n) is 12.7. The number of rotatable bonds is 4. The minimum Gasteiger partial charge on any atom is -0.494 e. The lowest BCUT2D eigenvalue weighted by Gasteiger charge is -2.19. The van der Waals surface area contributed by atoms with Gasteiger partial charge in [0, 0.05) is 6.42 Å². The number of nitrogens with zero attached hydrogens (tertiary/aromatic N) is 4. The number of carbonyl (C=O) groups is 1. The van der Waals surface area contributed by atoms with Crippen LogP contribution >= 0.6 is 11.8 Å². The fourth-order valence-electron chi connectivity index (χ4n) is 2.57. The number of ether oxygens (including phenoxy) is 1. The number of thioether (sulfide) groups is 1. The van der Waals surface area contributed by atoms with Crippen LogP contribution in [0.4, 0.5) is 0 Å². The molecular weight excluding hydrogens is 300 g/mol. The van der Waals surface area contributed by atoms with Crippen LogP contribution in [0.25, 0.3) is 5.69 Å². The molecule has 116 valence electrons. The van der Waals surface area contributed by atoms with Gasteiger partial charge in [0.1, 0.15) is 17.2 Å². The topological polar surface area (TPSA) is 69.9 Å². The quantitative estimate of drug-likeness (QED) is 0.863. The summed E-state index contributed by atoms with van der Waals surface area (Å²) in [5.41, 5.74) is 1.88. The van der Waals surface area contributed by atoms with Crippen molar-refractivity contribution in [2.75, 3.05) is 7.11 Å². The second-order valence-electron chi connectivity index (χ2n) is 5.37. The lowest BCUT2D eigenvalue weighted by Crippen LogP contribution is -2.21. The van der Waals surface area contributed by atoms with Gasteiger partial charge in [0.2, 0.25) is 5.16 Å². The first-order valence-electron chi connectivity index (χ1n) is 7.32. The standard InChI is InChI=1S/C15H18N4O2S/c1-10-7-8-13(21-2)11(9-10)19-15(16-17-18-19)22-14-6-4-3-5-12(14)20/h7-9,14H,3-6H2,1-2H3/t14-/m1/s1. The van der Waals surface area contributed by atoms with Gasteiger partial charge in [0.05, 0.1) is 12.4 Å². The number of hydrogen-bond acceptors (Lipinski definition) is 6. The third kappa shape index (κ3) is 2.99. The summed E-state index contributed by atoms with van der Waals surface area (Å²) in [4.78, 5) is 12.0. The SMILES string of the molecule is COc1ccc(C)cc1-n1nnnc1S[C@@H]1CCCCC1=O. The van der Waals surface area contributed by atoms with Crippen LogP contribution in [0.3, 0.4) is 0 Å². The molecule has 1 heterocycles. The summed E-state index contributed by atoms with van der Waals surface area (Å²) in [5, 5.41) is 12.5. The first-order valence-corrected chi connectivity index (χ1v) is 8.20. The Morgan fingerprint density at radius 3 is 3.00 bits per heavy atom. The maximum Gasteiger partial charge on any atom is 0.214 e. The Morgan fingerprint density at radius 1 is 1.36 bits per heavy atom. The molecular formula is C15H18N4O2S. The van der Waals surface area contributed by atoms with E-state index in [-0.39, 0.29) is 5.25 Å². The Balaban J connectivity index is 1.92. The summed E-state index contributed by atoms with van der Waals surface area (Å²) in [6, 6.07) is 5.85. The molecule has 2 aromatic rings. The average molecular weight is 318 g/mol. The summed E-state index contributed by atoms with van der Waals surface area (Å²) in [5.74, 6) is 0.997. The van der Waals surface area contributed by atoms with E-state index in [0.717, 1.165) is 30.5 Å². The summed E-state index contributed by atoms with van der Waals surface area (Å²) in [6.07, 6.45) is 3.62. The van der Waals surface area contributed by atoms with E-state index in [1.807, 2.05) is 25.1 Å². The summed E-state index contributed by atoms with van der Waals surface area (Å²) < 4.78 is 7.05. The summed E-state index contributed by atoms with van der Waals surface area (Å²) in [7, 11) is 1.62. The van der Waals surface area contributed by atoms with E-state index in [9.17, 15) is 4.79 Å². The molecule has 1 aromatic heterocycles. The average Bonchev–Trinajstić information content (AvgIpc) is 2.97. The molecule has 1 aliphatic carbocycles. The Hall–Kier alpha value is -1.89. The monoisotopic (exact) mass is 318 g/mol. The van der Waals surface area contributed by atoms with Gasteiger partial charge in [-0.25, -0.2) is 0 Å². The smallest absolute Gasteiger partial charge is 0.214 e. The van der Waals surface area contributed by atoms with Crippen LogP contribution in [-0.4, -0.2) is 38.4 Å². The minimum absolute atomic E-state index is 0.0469. The normalized spacial score (nSPS) is 18.5. The van der Waals surface area contributed by atoms with Gasteiger partial charge in [-0.1, -0.05) is 24.2 Å². The van der Waals surface area contributed by atoms with Crippen molar-refractivity contribution in [3.05, 3.63) is 23.8 Å². The van der Waals surface area contributed by atoms with E-state index in [2.05, 4.69) is 15.5 Å². The number of Topliss-reactive ketones (excluding diaryl/α,β-unsaturated/α-hetero) is 1. The Morgan fingerprint density at radius 2 is 2.23 bits per heavy atom. The van der Waals surface area contributed by atoms with E-state index in [1.165, 1.54) is 11.8 Å². The molecule has 3 rings (SSSR count). The Kier molecular flexibility index (Phi) is 4.42. The number of aryl methyl sites for hydroxylation is 1. The minimum atomic E-state index is -0.0469. The van der Waals surface area contributed by atoms with Crippen LogP contribution < -0.4 is 4.74 Å². The number of hydrogen-bond donors (Lipinski definition) is 0. The molecule has 1 atom stereocenters. The van der Waals surface area contributed by atoms with E-state index < -0.39 is 0 Å². The number of methoxy groups -OCH3 is 1. The van der Waals surface area contributed by atoms with E-state index in [1.54, 1.807) is 11.8 Å². The molecule has 0 bridgehead atoms. The second-order valence-corrected chi connectivity index (χ2v) is 6.54. The van der Waals surface area contributed by atoms with Crippen molar-refractivity contribution in [1.82, 2.24) is 20.2 Å². The molecule has 0 spiro atoms. The zero-order valence-corrected chi connectivity index (χ0v) is 13.5. The highest BCUT2D eigenvalue weighted by atomic mass is 32.2. The lowest BCUT2D eigenvalue weighted by molar-refractivity contribution is -0.119. The second kappa shape index (κ2) is 6.48. The predicted octanol–water partition coefficient (Wildman–Crippen LogP) is 2.58. The number of aromatic nitrogens is 4. The van der Waals surface area contributed by atoms with E-state index in [4.69, 9.17) is 4.74 Å². The van der Waals surface area contributed by atoms with Crippen molar-refractivity contribution in [2.24, 2.45) is 0 Å². The molecule has 6 nitrogen and oxygen atoms in total. The van der Waals surface area contributed by atoms with Gasteiger partial charge in [-0.2, -0.15) is 4.68 Å². The number of tetrazole rings is 1. The molecule has 22 heavy (non-hydrogen) atoms. The number of carbonyl (C=O) groups excluding carboxylic acids is 1. The molecule has 1 fully saturated rings. The van der Waals surface area contributed by atoms with Gasteiger partial charge in [-0.15, -0.1) is 5.10 Å². The summed E-state index contributed by atoms with van der Waals surface area (Å²) >= 11 is 1.45. The third-order valence-electron chi connectivity index (χ3n) is 3.75. The van der Waals surface area contributed by atoms with Crippen LogP contribution in [0.5, 0.6) is 5.75 Å². The molecule has 1 aromatic carbocycles. The first-order chi connectivity index (χ1) is 10.7. The molecule has 0 amide bonds. The van der Waals surface area contributed by atoms with E-state index >= 15 is 0 Å². The molecule has 7 heteroatoms. The molecule has 1 aliphatic rings. The van der Waals surface area contributed by atoms with Gasteiger partial charge in [0.25, 0.3) is 0 Å². The molecule has 1 saturated carbocycles. The van der Waals surface area contributed by atoms with Gasteiger partial charge >= 0.3 is 0 Å². The van der Waals surface area contributed by atoms with Crippen molar-refractivity contribution in [3.8, 4) is 11.4 Å². The molecule has 0 N–H and O–H groups in total. The van der Waals surface area contributed by atoms with Crippen molar-refractivity contribution >= 4 is 17.5 Å².